The Morgan fingerprint density at radius 2 is 2.31 bits per heavy atom. The molecule has 1 fully saturated rings. The summed E-state index contributed by atoms with van der Waals surface area (Å²) in [6.45, 7) is 3.76. The highest BCUT2D eigenvalue weighted by molar-refractivity contribution is 5.48. The van der Waals surface area contributed by atoms with Gasteiger partial charge in [-0.2, -0.15) is 0 Å². The second-order valence-corrected chi connectivity index (χ2v) is 3.96. The number of benzene rings is 1. The second kappa shape index (κ2) is 5.21. The summed E-state index contributed by atoms with van der Waals surface area (Å²) in [4.78, 5) is 0. The third kappa shape index (κ3) is 2.14. The molecule has 0 spiro atoms. The lowest BCUT2D eigenvalue weighted by Gasteiger charge is -2.18. The van der Waals surface area contributed by atoms with E-state index in [4.69, 9.17) is 9.47 Å². The third-order valence-electron chi connectivity index (χ3n) is 2.95. The lowest BCUT2D eigenvalue weighted by atomic mass is 10.0. The first kappa shape index (κ1) is 11.3. The van der Waals surface area contributed by atoms with Crippen LogP contribution in [0, 0.1) is 0 Å². The Bertz CT molecular complexity index is 346. The lowest BCUT2D eigenvalue weighted by molar-refractivity contribution is 0.304. The summed E-state index contributed by atoms with van der Waals surface area (Å²) in [5, 5.41) is 3.49. The van der Waals surface area contributed by atoms with Crippen molar-refractivity contribution in [2.45, 2.75) is 25.8 Å². The molecular weight excluding hydrogens is 202 g/mol. The average Bonchev–Trinajstić information content (AvgIpc) is 2.83. The molecule has 1 unspecified atom stereocenters. The molecule has 1 aliphatic heterocycles. The Morgan fingerprint density at radius 1 is 1.44 bits per heavy atom. The van der Waals surface area contributed by atoms with Crippen molar-refractivity contribution >= 4 is 0 Å². The lowest BCUT2D eigenvalue weighted by Crippen LogP contribution is -2.14. The van der Waals surface area contributed by atoms with Gasteiger partial charge in [0.2, 0.25) is 0 Å². The van der Waals surface area contributed by atoms with Crippen molar-refractivity contribution in [3.05, 3.63) is 23.8 Å². The van der Waals surface area contributed by atoms with E-state index in [1.165, 1.54) is 18.4 Å². The maximum atomic E-state index is 5.71. The van der Waals surface area contributed by atoms with Crippen LogP contribution in [0.5, 0.6) is 11.5 Å². The minimum absolute atomic E-state index is 0.414. The highest BCUT2D eigenvalue weighted by Crippen LogP contribution is 2.37. The topological polar surface area (TPSA) is 30.5 Å². The molecule has 0 saturated carbocycles. The standard InChI is InChI=1S/C13H19NO2/c1-3-16-13-10(11-7-5-9-14-11)6-4-8-12(13)15-2/h4,6,8,11,14H,3,5,7,9H2,1-2H3. The Labute approximate surface area is 96.8 Å². The smallest absolute Gasteiger partial charge is 0.165 e. The monoisotopic (exact) mass is 221 g/mol. The molecule has 0 amide bonds. The van der Waals surface area contributed by atoms with Crippen LogP contribution in [0.4, 0.5) is 0 Å². The molecular formula is C13H19NO2. The van der Waals surface area contributed by atoms with E-state index in [0.29, 0.717) is 12.6 Å². The zero-order valence-electron chi connectivity index (χ0n) is 9.95. The van der Waals surface area contributed by atoms with Crippen molar-refractivity contribution in [1.29, 1.82) is 0 Å². The molecule has 1 heterocycles. The molecule has 1 atom stereocenters. The van der Waals surface area contributed by atoms with E-state index in [9.17, 15) is 0 Å². The summed E-state index contributed by atoms with van der Waals surface area (Å²) < 4.78 is 11.1. The Balaban J connectivity index is 2.33. The van der Waals surface area contributed by atoms with Gasteiger partial charge in [-0.1, -0.05) is 12.1 Å². The molecule has 1 saturated heterocycles. The Morgan fingerprint density at radius 3 is 2.94 bits per heavy atom. The molecule has 16 heavy (non-hydrogen) atoms. The first-order chi connectivity index (χ1) is 7.86. The van der Waals surface area contributed by atoms with Gasteiger partial charge >= 0.3 is 0 Å². The van der Waals surface area contributed by atoms with Crippen LogP contribution in [0.25, 0.3) is 0 Å². The Kier molecular flexibility index (Phi) is 3.67. The number of methoxy groups -OCH3 is 1. The molecule has 1 aromatic carbocycles. The largest absolute Gasteiger partial charge is 0.493 e. The summed E-state index contributed by atoms with van der Waals surface area (Å²) in [6, 6.07) is 6.51. The summed E-state index contributed by atoms with van der Waals surface area (Å²) in [5.41, 5.74) is 1.22. The number of hydrogen-bond acceptors (Lipinski definition) is 3. The van der Waals surface area contributed by atoms with Crippen molar-refractivity contribution in [3.63, 3.8) is 0 Å². The molecule has 88 valence electrons. The predicted octanol–water partition coefficient (Wildman–Crippen LogP) is 2.52. The van der Waals surface area contributed by atoms with Crippen LogP contribution >= 0.6 is 0 Å². The minimum atomic E-state index is 0.414. The van der Waals surface area contributed by atoms with Gasteiger partial charge in [0.05, 0.1) is 13.7 Å². The molecule has 0 radical (unpaired) electrons. The number of ether oxygens (including phenoxy) is 2. The van der Waals surface area contributed by atoms with Gasteiger partial charge in [-0.15, -0.1) is 0 Å². The number of hydrogen-bond donors (Lipinski definition) is 1. The van der Waals surface area contributed by atoms with Gasteiger partial charge in [0, 0.05) is 11.6 Å². The first-order valence-electron chi connectivity index (χ1n) is 5.90. The highest BCUT2D eigenvalue weighted by Gasteiger charge is 2.21. The van der Waals surface area contributed by atoms with Crippen molar-refractivity contribution < 1.29 is 9.47 Å². The van der Waals surface area contributed by atoms with Crippen LogP contribution in [-0.4, -0.2) is 20.3 Å². The zero-order valence-corrected chi connectivity index (χ0v) is 9.95. The van der Waals surface area contributed by atoms with E-state index < -0.39 is 0 Å². The van der Waals surface area contributed by atoms with Gasteiger partial charge in [0.25, 0.3) is 0 Å². The van der Waals surface area contributed by atoms with Gasteiger partial charge < -0.3 is 14.8 Å². The van der Waals surface area contributed by atoms with Crippen LogP contribution in [-0.2, 0) is 0 Å². The summed E-state index contributed by atoms with van der Waals surface area (Å²) in [6.07, 6.45) is 2.40. The van der Waals surface area contributed by atoms with E-state index in [0.717, 1.165) is 18.0 Å². The van der Waals surface area contributed by atoms with Crippen LogP contribution in [0.2, 0.25) is 0 Å². The summed E-state index contributed by atoms with van der Waals surface area (Å²) in [5.74, 6) is 1.72. The molecule has 1 aliphatic rings. The van der Waals surface area contributed by atoms with E-state index in [1.807, 2.05) is 19.1 Å². The Hall–Kier alpha value is -1.22. The van der Waals surface area contributed by atoms with Gasteiger partial charge in [0.1, 0.15) is 0 Å². The molecule has 0 aromatic heterocycles. The number of rotatable bonds is 4. The second-order valence-electron chi connectivity index (χ2n) is 3.96. The molecule has 1 aromatic rings. The summed E-state index contributed by atoms with van der Waals surface area (Å²) >= 11 is 0. The molecule has 1 N–H and O–H groups in total. The van der Waals surface area contributed by atoms with E-state index in [-0.39, 0.29) is 0 Å². The van der Waals surface area contributed by atoms with E-state index in [1.54, 1.807) is 7.11 Å². The molecule has 3 heteroatoms. The number of nitrogens with one attached hydrogen (secondary N) is 1. The van der Waals surface area contributed by atoms with Gasteiger partial charge in [-0.25, -0.2) is 0 Å². The SMILES string of the molecule is CCOc1c(OC)cccc1C1CCCN1. The highest BCUT2D eigenvalue weighted by atomic mass is 16.5. The van der Waals surface area contributed by atoms with Crippen molar-refractivity contribution in [1.82, 2.24) is 5.32 Å². The van der Waals surface area contributed by atoms with Crippen molar-refractivity contribution in [2.24, 2.45) is 0 Å². The van der Waals surface area contributed by atoms with Crippen LogP contribution in [0.3, 0.4) is 0 Å². The molecule has 3 nitrogen and oxygen atoms in total. The number of para-hydroxylation sites is 1. The van der Waals surface area contributed by atoms with Gasteiger partial charge in [-0.05, 0) is 32.4 Å². The van der Waals surface area contributed by atoms with Crippen LogP contribution < -0.4 is 14.8 Å². The zero-order chi connectivity index (χ0) is 11.4. The van der Waals surface area contributed by atoms with Gasteiger partial charge in [0.15, 0.2) is 11.5 Å². The van der Waals surface area contributed by atoms with Crippen LogP contribution in [0.1, 0.15) is 31.4 Å². The van der Waals surface area contributed by atoms with E-state index in [2.05, 4.69) is 11.4 Å². The van der Waals surface area contributed by atoms with E-state index >= 15 is 0 Å². The maximum Gasteiger partial charge on any atom is 0.165 e. The normalized spacial score (nSPS) is 19.8. The molecule has 0 aliphatic carbocycles. The molecule has 2 rings (SSSR count). The maximum absolute atomic E-state index is 5.71. The fourth-order valence-electron chi connectivity index (χ4n) is 2.22. The quantitative estimate of drug-likeness (QED) is 0.847. The average molecular weight is 221 g/mol. The van der Waals surface area contributed by atoms with Crippen molar-refractivity contribution in [2.75, 3.05) is 20.3 Å². The summed E-state index contributed by atoms with van der Waals surface area (Å²) in [7, 11) is 1.68. The fraction of sp³-hybridized carbons (Fsp3) is 0.538. The minimum Gasteiger partial charge on any atom is -0.493 e. The predicted molar refractivity (Wildman–Crippen MR) is 64.1 cm³/mol. The molecule has 0 bridgehead atoms. The third-order valence-corrected chi connectivity index (χ3v) is 2.95. The van der Waals surface area contributed by atoms with Gasteiger partial charge in [-0.3, -0.25) is 0 Å². The first-order valence-corrected chi connectivity index (χ1v) is 5.90. The van der Waals surface area contributed by atoms with Crippen molar-refractivity contribution in [3.8, 4) is 11.5 Å². The fourth-order valence-corrected chi connectivity index (χ4v) is 2.22. The van der Waals surface area contributed by atoms with Crippen LogP contribution in [0.15, 0.2) is 18.2 Å².